The van der Waals surface area contributed by atoms with E-state index in [2.05, 4.69) is 52.5 Å². The Morgan fingerprint density at radius 2 is 1.62 bits per heavy atom. The third-order valence-corrected chi connectivity index (χ3v) is 5.59. The van der Waals surface area contributed by atoms with Crippen LogP contribution in [0.3, 0.4) is 0 Å². The van der Waals surface area contributed by atoms with Gasteiger partial charge in [0.2, 0.25) is 0 Å². The highest BCUT2D eigenvalue weighted by Gasteiger charge is 2.12. The van der Waals surface area contributed by atoms with E-state index in [4.69, 9.17) is 10.1 Å². The van der Waals surface area contributed by atoms with Gasteiger partial charge in [0.15, 0.2) is 11.5 Å². The van der Waals surface area contributed by atoms with Gasteiger partial charge in [0.25, 0.3) is 0 Å². The van der Waals surface area contributed by atoms with Crippen molar-refractivity contribution in [2.75, 3.05) is 0 Å². The highest BCUT2D eigenvalue weighted by Crippen LogP contribution is 2.22. The predicted octanol–water partition coefficient (Wildman–Crippen LogP) is 4.78. The molecule has 3 aromatic heterocycles. The van der Waals surface area contributed by atoms with Gasteiger partial charge in [-0.3, -0.25) is 9.67 Å². The van der Waals surface area contributed by atoms with Crippen LogP contribution in [0.2, 0.25) is 0 Å². The Bertz CT molecular complexity index is 1520. The molecular formula is C26H20N6. The number of rotatable bonds is 5. The van der Waals surface area contributed by atoms with Crippen molar-refractivity contribution >= 4 is 16.6 Å². The van der Waals surface area contributed by atoms with E-state index in [-0.39, 0.29) is 0 Å². The van der Waals surface area contributed by atoms with Gasteiger partial charge in [-0.15, -0.1) is 0 Å². The summed E-state index contributed by atoms with van der Waals surface area (Å²) in [6.45, 7) is 0.743. The van der Waals surface area contributed by atoms with E-state index in [0.717, 1.165) is 45.7 Å². The average Bonchev–Trinajstić information content (AvgIpc) is 3.43. The Balaban J connectivity index is 1.34. The molecule has 3 aromatic carbocycles. The topological polar surface area (TPSA) is 60.9 Å². The van der Waals surface area contributed by atoms with Crippen molar-refractivity contribution in [3.63, 3.8) is 0 Å². The SMILES string of the molecule is c1ccc(Cn2ncc3ccc(Cc4nc5c(-c6ccccc6)nccn5n4)cc32)cc1. The zero-order chi connectivity index (χ0) is 21.3. The molecule has 32 heavy (non-hydrogen) atoms. The first-order valence-electron chi connectivity index (χ1n) is 10.6. The maximum absolute atomic E-state index is 4.81. The Morgan fingerprint density at radius 1 is 0.812 bits per heavy atom. The van der Waals surface area contributed by atoms with Gasteiger partial charge < -0.3 is 0 Å². The van der Waals surface area contributed by atoms with Gasteiger partial charge in [-0.2, -0.15) is 10.2 Å². The Hall–Kier alpha value is -4.32. The van der Waals surface area contributed by atoms with Crippen LogP contribution in [-0.4, -0.2) is 29.4 Å². The molecule has 6 nitrogen and oxygen atoms in total. The zero-order valence-electron chi connectivity index (χ0n) is 17.3. The van der Waals surface area contributed by atoms with E-state index in [9.17, 15) is 0 Å². The first-order chi connectivity index (χ1) is 15.8. The van der Waals surface area contributed by atoms with E-state index in [1.54, 1.807) is 6.20 Å². The molecule has 0 spiro atoms. The molecule has 0 saturated carbocycles. The molecule has 0 aliphatic heterocycles. The molecule has 0 radical (unpaired) electrons. The minimum atomic E-state index is 0.641. The summed E-state index contributed by atoms with van der Waals surface area (Å²) in [5.74, 6) is 0.767. The molecule has 6 rings (SSSR count). The van der Waals surface area contributed by atoms with Crippen LogP contribution in [0.4, 0.5) is 0 Å². The summed E-state index contributed by atoms with van der Waals surface area (Å²) in [5.41, 5.74) is 6.13. The monoisotopic (exact) mass is 416 g/mol. The average molecular weight is 416 g/mol. The van der Waals surface area contributed by atoms with E-state index < -0.39 is 0 Å². The van der Waals surface area contributed by atoms with Crippen LogP contribution in [0.15, 0.2) is 97.5 Å². The minimum absolute atomic E-state index is 0.641. The second-order valence-corrected chi connectivity index (χ2v) is 7.80. The molecule has 0 fully saturated rings. The van der Waals surface area contributed by atoms with Crippen LogP contribution in [0.25, 0.3) is 27.8 Å². The largest absolute Gasteiger partial charge is 0.260 e. The lowest BCUT2D eigenvalue weighted by molar-refractivity contribution is 0.712. The van der Waals surface area contributed by atoms with Gasteiger partial charge in [-0.1, -0.05) is 72.8 Å². The van der Waals surface area contributed by atoms with E-state index in [1.165, 1.54) is 5.56 Å². The summed E-state index contributed by atoms with van der Waals surface area (Å²) in [4.78, 5) is 9.36. The number of nitrogens with zero attached hydrogens (tertiary/aromatic N) is 6. The molecule has 3 heterocycles. The molecule has 0 saturated heterocycles. The number of hydrogen-bond donors (Lipinski definition) is 0. The fourth-order valence-electron chi connectivity index (χ4n) is 4.03. The lowest BCUT2D eigenvalue weighted by Crippen LogP contribution is -2.01. The first kappa shape index (κ1) is 18.4. The van der Waals surface area contributed by atoms with Crippen LogP contribution >= 0.6 is 0 Å². The van der Waals surface area contributed by atoms with Crippen LogP contribution in [0.5, 0.6) is 0 Å². The summed E-state index contributed by atoms with van der Waals surface area (Å²) in [6, 6.07) is 26.9. The fourth-order valence-corrected chi connectivity index (χ4v) is 4.03. The Kier molecular flexibility index (Phi) is 4.46. The second kappa shape index (κ2) is 7.74. The van der Waals surface area contributed by atoms with E-state index in [0.29, 0.717) is 6.42 Å². The van der Waals surface area contributed by atoms with Crippen LogP contribution in [0, 0.1) is 0 Å². The molecule has 0 aliphatic carbocycles. The van der Waals surface area contributed by atoms with Crippen molar-refractivity contribution in [1.82, 2.24) is 29.4 Å². The summed E-state index contributed by atoms with van der Waals surface area (Å²) in [5, 5.41) is 10.4. The predicted molar refractivity (Wildman–Crippen MR) is 124 cm³/mol. The maximum atomic E-state index is 4.81. The molecule has 6 aromatic rings. The Labute approximate surface area is 184 Å². The normalized spacial score (nSPS) is 11.4. The number of aromatic nitrogens is 6. The second-order valence-electron chi connectivity index (χ2n) is 7.80. The number of hydrogen-bond acceptors (Lipinski definition) is 4. The lowest BCUT2D eigenvalue weighted by Gasteiger charge is -2.05. The van der Waals surface area contributed by atoms with E-state index >= 15 is 0 Å². The van der Waals surface area contributed by atoms with Crippen LogP contribution in [-0.2, 0) is 13.0 Å². The molecular weight excluding hydrogens is 396 g/mol. The highest BCUT2D eigenvalue weighted by molar-refractivity contribution is 5.79. The number of benzene rings is 3. The van der Waals surface area contributed by atoms with Crippen molar-refractivity contribution in [3.05, 3.63) is 114 Å². The lowest BCUT2D eigenvalue weighted by atomic mass is 10.1. The molecule has 0 atom stereocenters. The van der Waals surface area contributed by atoms with Gasteiger partial charge in [0.1, 0.15) is 5.69 Å². The molecule has 0 amide bonds. The van der Waals surface area contributed by atoms with Gasteiger partial charge in [-0.25, -0.2) is 9.50 Å². The quantitative estimate of drug-likeness (QED) is 0.406. The van der Waals surface area contributed by atoms with Gasteiger partial charge in [0.05, 0.1) is 18.3 Å². The summed E-state index contributed by atoms with van der Waals surface area (Å²) < 4.78 is 3.85. The molecule has 0 unspecified atom stereocenters. The van der Waals surface area contributed by atoms with Crippen molar-refractivity contribution < 1.29 is 0 Å². The standard InChI is InChI=1S/C26H20N6/c1-3-7-19(8-4-1)18-32-23-15-20(11-12-22(23)17-28-32)16-24-29-26-25(21-9-5-2-6-10-21)27-13-14-31(26)30-24/h1-15,17H,16,18H2. The third kappa shape index (κ3) is 3.41. The van der Waals surface area contributed by atoms with Gasteiger partial charge in [-0.05, 0) is 17.2 Å². The Morgan fingerprint density at radius 3 is 2.47 bits per heavy atom. The minimum Gasteiger partial charge on any atom is -0.260 e. The zero-order valence-corrected chi connectivity index (χ0v) is 17.3. The van der Waals surface area contributed by atoms with Gasteiger partial charge in [0, 0.05) is 29.8 Å². The summed E-state index contributed by atoms with van der Waals surface area (Å²) in [7, 11) is 0. The van der Waals surface area contributed by atoms with Crippen LogP contribution in [0.1, 0.15) is 17.0 Å². The van der Waals surface area contributed by atoms with Crippen molar-refractivity contribution in [2.45, 2.75) is 13.0 Å². The van der Waals surface area contributed by atoms with Crippen molar-refractivity contribution in [3.8, 4) is 11.3 Å². The van der Waals surface area contributed by atoms with E-state index in [1.807, 2.05) is 58.0 Å². The molecule has 6 heteroatoms. The third-order valence-electron chi connectivity index (χ3n) is 5.59. The summed E-state index contributed by atoms with van der Waals surface area (Å²) in [6.07, 6.45) is 6.17. The highest BCUT2D eigenvalue weighted by atomic mass is 15.3. The smallest absolute Gasteiger partial charge is 0.181 e. The number of fused-ring (bicyclic) bond motifs is 2. The van der Waals surface area contributed by atoms with Gasteiger partial charge >= 0.3 is 0 Å². The first-order valence-corrected chi connectivity index (χ1v) is 10.6. The summed E-state index contributed by atoms with van der Waals surface area (Å²) >= 11 is 0. The maximum Gasteiger partial charge on any atom is 0.181 e. The molecule has 154 valence electrons. The molecule has 0 N–H and O–H groups in total. The fraction of sp³-hybridized carbons (Fsp3) is 0.0769. The van der Waals surface area contributed by atoms with Crippen molar-refractivity contribution in [2.24, 2.45) is 0 Å². The molecule has 0 aliphatic rings. The molecule has 0 bridgehead atoms. The van der Waals surface area contributed by atoms with Crippen molar-refractivity contribution in [1.29, 1.82) is 0 Å². The van der Waals surface area contributed by atoms with Crippen LogP contribution < -0.4 is 0 Å².